The first-order chi connectivity index (χ1) is 10.3. The lowest BCUT2D eigenvalue weighted by Gasteiger charge is -2.24. The van der Waals surface area contributed by atoms with Gasteiger partial charge in [-0.15, -0.1) is 15.7 Å². The first kappa shape index (κ1) is 16.7. The summed E-state index contributed by atoms with van der Waals surface area (Å²) in [5.41, 5.74) is 0.291. The molecule has 0 bridgehead atoms. The van der Waals surface area contributed by atoms with Gasteiger partial charge in [-0.3, -0.25) is 4.79 Å². The second kappa shape index (κ2) is 6.59. The topological polar surface area (TPSA) is 88.1 Å². The zero-order valence-electron chi connectivity index (χ0n) is 12.4. The Morgan fingerprint density at radius 2 is 2.27 bits per heavy atom. The molecule has 1 atom stereocenters. The molecule has 0 saturated heterocycles. The van der Waals surface area contributed by atoms with Gasteiger partial charge >= 0.3 is 10.2 Å². The number of carbonyl (C=O) groups excluding carboxylic acids is 1. The predicted molar refractivity (Wildman–Crippen MR) is 85.1 cm³/mol. The first-order valence-electron chi connectivity index (χ1n) is 6.49. The number of methoxy groups -OCH3 is 1. The van der Waals surface area contributed by atoms with Gasteiger partial charge in [0.15, 0.2) is 0 Å². The number of likely N-dealkylation sites (N-methyl/N-ethyl adjacent to an activating group) is 1. The van der Waals surface area contributed by atoms with E-state index in [0.29, 0.717) is 11.5 Å². The predicted octanol–water partition coefficient (Wildman–Crippen LogP) is 0.762. The largest absolute Gasteiger partial charge is 0.383 e. The van der Waals surface area contributed by atoms with E-state index < -0.39 is 16.1 Å². The average molecular weight is 343 g/mol. The third kappa shape index (κ3) is 3.54. The van der Waals surface area contributed by atoms with Crippen molar-refractivity contribution in [1.82, 2.24) is 9.62 Å². The van der Waals surface area contributed by atoms with E-state index in [-0.39, 0.29) is 17.5 Å². The fourth-order valence-corrected chi connectivity index (χ4v) is 3.55. The summed E-state index contributed by atoms with van der Waals surface area (Å²) in [7, 11) is -1.08. The number of allylic oxidation sites excluding steroid dienone is 1. The molecule has 1 aliphatic rings. The van der Waals surface area contributed by atoms with Crippen molar-refractivity contribution in [3.63, 3.8) is 0 Å². The number of nitrogens with one attached hydrogen (secondary N) is 1. The Bertz CT molecular complexity index is 708. The Hall–Kier alpha value is -1.71. The summed E-state index contributed by atoms with van der Waals surface area (Å²) >= 11 is 1.36. The van der Waals surface area contributed by atoms with Gasteiger partial charge in [0.2, 0.25) is 0 Å². The molecule has 1 aromatic heterocycles. The molecule has 0 aromatic carbocycles. The fourth-order valence-electron chi connectivity index (χ4n) is 1.89. The zero-order chi connectivity index (χ0) is 16.3. The molecule has 0 aliphatic carbocycles. The van der Waals surface area contributed by atoms with Crippen LogP contribution in [0.4, 0.5) is 0 Å². The molecule has 0 unspecified atom stereocenters. The smallest absolute Gasteiger partial charge is 0.345 e. The van der Waals surface area contributed by atoms with Gasteiger partial charge in [0.05, 0.1) is 17.2 Å². The van der Waals surface area contributed by atoms with Gasteiger partial charge in [0.25, 0.3) is 5.91 Å². The number of hydrogen-bond acceptors (Lipinski definition) is 5. The molecule has 7 nitrogen and oxygen atoms in total. The lowest BCUT2D eigenvalue weighted by atomic mass is 10.2. The van der Waals surface area contributed by atoms with Crippen LogP contribution in [-0.2, 0) is 19.7 Å². The van der Waals surface area contributed by atoms with Gasteiger partial charge < -0.3 is 10.1 Å². The highest BCUT2D eigenvalue weighted by molar-refractivity contribution is 7.88. The standard InChI is InChI=1S/C13H17N3O4S2/c1-9(8-20-3)14-13(17)11-7-10(12-5-4-6-21-12)15-22(18,19)16(11)2/h4-7,9H,8H2,1-3H3,(H,14,17)/t9-/m1/s1. The van der Waals surface area contributed by atoms with E-state index in [9.17, 15) is 13.2 Å². The van der Waals surface area contributed by atoms with Gasteiger partial charge in [-0.25, -0.2) is 4.31 Å². The molecule has 0 radical (unpaired) electrons. The number of rotatable bonds is 5. The molecule has 2 rings (SSSR count). The van der Waals surface area contributed by atoms with E-state index >= 15 is 0 Å². The molecule has 2 heterocycles. The highest BCUT2D eigenvalue weighted by Crippen LogP contribution is 2.21. The van der Waals surface area contributed by atoms with Gasteiger partial charge in [-0.1, -0.05) is 6.07 Å². The minimum atomic E-state index is -3.91. The van der Waals surface area contributed by atoms with Crippen LogP contribution in [0.3, 0.4) is 0 Å². The summed E-state index contributed by atoms with van der Waals surface area (Å²) in [5.74, 6) is -0.486. The SMILES string of the molecule is COC[C@@H](C)NC(=O)C1=CC(c2cccs2)=NS(=O)(=O)N1C. The van der Waals surface area contributed by atoms with E-state index in [1.165, 1.54) is 31.6 Å². The van der Waals surface area contributed by atoms with Crippen LogP contribution in [-0.4, -0.2) is 51.1 Å². The maximum Gasteiger partial charge on any atom is 0.345 e. The van der Waals surface area contributed by atoms with Gasteiger partial charge in [0, 0.05) is 20.2 Å². The Balaban J connectivity index is 2.33. The molecule has 0 fully saturated rings. The van der Waals surface area contributed by atoms with Crippen molar-refractivity contribution >= 4 is 33.2 Å². The summed E-state index contributed by atoms with van der Waals surface area (Å²) in [5, 5.41) is 4.51. The van der Waals surface area contributed by atoms with Crippen molar-refractivity contribution in [2.45, 2.75) is 13.0 Å². The minimum Gasteiger partial charge on any atom is -0.383 e. The van der Waals surface area contributed by atoms with Crippen LogP contribution in [0, 0.1) is 0 Å². The Morgan fingerprint density at radius 3 is 2.86 bits per heavy atom. The van der Waals surface area contributed by atoms with Crippen LogP contribution in [0.2, 0.25) is 0 Å². The monoisotopic (exact) mass is 343 g/mol. The number of thiophene rings is 1. The number of carbonyl (C=O) groups is 1. The Labute approximate surface area is 133 Å². The van der Waals surface area contributed by atoms with E-state index in [0.717, 1.165) is 4.31 Å². The van der Waals surface area contributed by atoms with Crippen molar-refractivity contribution < 1.29 is 17.9 Å². The number of ether oxygens (including phenoxy) is 1. The quantitative estimate of drug-likeness (QED) is 0.855. The molecule has 0 spiro atoms. The molecule has 0 saturated carbocycles. The van der Waals surface area contributed by atoms with Gasteiger partial charge in [-0.05, 0) is 24.4 Å². The van der Waals surface area contributed by atoms with E-state index in [2.05, 4.69) is 9.71 Å². The van der Waals surface area contributed by atoms with Crippen LogP contribution in [0.25, 0.3) is 0 Å². The van der Waals surface area contributed by atoms with Crippen LogP contribution < -0.4 is 5.32 Å². The molecule has 1 aromatic rings. The molecule has 1 aliphatic heterocycles. The lowest BCUT2D eigenvalue weighted by molar-refractivity contribution is -0.119. The Kier molecular flexibility index (Phi) is 4.99. The molecule has 1 N–H and O–H groups in total. The lowest BCUT2D eigenvalue weighted by Crippen LogP contribution is -2.42. The summed E-state index contributed by atoms with van der Waals surface area (Å²) in [6.07, 6.45) is 1.47. The van der Waals surface area contributed by atoms with Crippen LogP contribution in [0.5, 0.6) is 0 Å². The second-order valence-corrected chi connectivity index (χ2v) is 7.33. The maximum absolute atomic E-state index is 12.3. The highest BCUT2D eigenvalue weighted by atomic mass is 32.2. The fraction of sp³-hybridized carbons (Fsp3) is 0.385. The summed E-state index contributed by atoms with van der Waals surface area (Å²) in [4.78, 5) is 13.0. The second-order valence-electron chi connectivity index (χ2n) is 4.76. The average Bonchev–Trinajstić information content (AvgIpc) is 2.95. The third-order valence-corrected chi connectivity index (χ3v) is 5.18. The molecule has 9 heteroatoms. The number of hydrogen-bond donors (Lipinski definition) is 1. The number of amides is 1. The van der Waals surface area contributed by atoms with Crippen molar-refractivity contribution in [2.75, 3.05) is 20.8 Å². The van der Waals surface area contributed by atoms with Crippen LogP contribution in [0.15, 0.2) is 33.7 Å². The molecular weight excluding hydrogens is 326 g/mol. The highest BCUT2D eigenvalue weighted by Gasteiger charge is 2.30. The van der Waals surface area contributed by atoms with E-state index in [4.69, 9.17) is 4.74 Å². The summed E-state index contributed by atoms with van der Waals surface area (Å²) < 4.78 is 33.8. The molecular formula is C13H17N3O4S2. The van der Waals surface area contributed by atoms with E-state index in [1.807, 2.05) is 5.38 Å². The van der Waals surface area contributed by atoms with Crippen molar-refractivity contribution in [3.05, 3.63) is 34.2 Å². The summed E-state index contributed by atoms with van der Waals surface area (Å²) in [6.45, 7) is 2.11. The van der Waals surface area contributed by atoms with E-state index in [1.54, 1.807) is 19.1 Å². The van der Waals surface area contributed by atoms with Gasteiger partial charge in [-0.2, -0.15) is 8.42 Å². The Morgan fingerprint density at radius 1 is 1.55 bits per heavy atom. The molecule has 22 heavy (non-hydrogen) atoms. The number of nitrogens with zero attached hydrogens (tertiary/aromatic N) is 2. The molecule has 1 amide bonds. The zero-order valence-corrected chi connectivity index (χ0v) is 14.1. The minimum absolute atomic E-state index is 0.0290. The van der Waals surface area contributed by atoms with Gasteiger partial charge in [0.1, 0.15) is 5.70 Å². The van der Waals surface area contributed by atoms with Crippen molar-refractivity contribution in [2.24, 2.45) is 4.40 Å². The van der Waals surface area contributed by atoms with Crippen LogP contribution in [0.1, 0.15) is 11.8 Å². The first-order valence-corrected chi connectivity index (χ1v) is 8.77. The van der Waals surface area contributed by atoms with Crippen molar-refractivity contribution in [1.29, 1.82) is 0 Å². The normalized spacial score (nSPS) is 18.4. The maximum atomic E-state index is 12.3. The third-order valence-electron chi connectivity index (χ3n) is 2.97. The summed E-state index contributed by atoms with van der Waals surface area (Å²) in [6, 6.07) is 3.31. The van der Waals surface area contributed by atoms with Crippen molar-refractivity contribution in [3.8, 4) is 0 Å². The van der Waals surface area contributed by atoms with Crippen LogP contribution >= 0.6 is 11.3 Å². The molecule has 120 valence electrons.